The monoisotopic (exact) mass is 304 g/mol. The maximum atomic E-state index is 11.7. The van der Waals surface area contributed by atoms with Crippen LogP contribution in [0.5, 0.6) is 0 Å². The molecule has 0 atom stereocenters. The van der Waals surface area contributed by atoms with Crippen LogP contribution in [0.25, 0.3) is 0 Å². The molecule has 0 spiro atoms. The highest BCUT2D eigenvalue weighted by molar-refractivity contribution is 5.84. The molecule has 3 N–H and O–H groups in total. The van der Waals surface area contributed by atoms with Crippen molar-refractivity contribution < 1.29 is 4.79 Å². The number of amides is 1. The number of guanidine groups is 1. The molecule has 0 aromatic heterocycles. The molecule has 0 aliphatic carbocycles. The molecule has 1 amide bonds. The summed E-state index contributed by atoms with van der Waals surface area (Å²) in [6.45, 7) is 5.18. The molecule has 5 nitrogen and oxygen atoms in total. The molecule has 5 heteroatoms. The van der Waals surface area contributed by atoms with Crippen molar-refractivity contribution in [2.45, 2.75) is 26.7 Å². The van der Waals surface area contributed by atoms with Crippen molar-refractivity contribution in [2.75, 3.05) is 27.2 Å². The third kappa shape index (κ3) is 6.16. The Bertz CT molecular complexity index is 483. The fourth-order valence-corrected chi connectivity index (χ4v) is 2.09. The van der Waals surface area contributed by atoms with E-state index in [-0.39, 0.29) is 5.91 Å². The average Bonchev–Trinajstić information content (AvgIpc) is 2.54. The largest absolute Gasteiger partial charge is 0.359 e. The summed E-state index contributed by atoms with van der Waals surface area (Å²) >= 11 is 0. The second-order valence-electron chi connectivity index (χ2n) is 5.90. The van der Waals surface area contributed by atoms with Gasteiger partial charge in [0.05, 0.1) is 5.41 Å². The van der Waals surface area contributed by atoms with E-state index >= 15 is 0 Å². The van der Waals surface area contributed by atoms with Gasteiger partial charge in [-0.15, -0.1) is 0 Å². The second kappa shape index (κ2) is 9.07. The lowest BCUT2D eigenvalue weighted by atomic mass is 9.92. The van der Waals surface area contributed by atoms with Crippen LogP contribution in [-0.4, -0.2) is 39.1 Å². The summed E-state index contributed by atoms with van der Waals surface area (Å²) in [5.74, 6) is 0.740. The maximum Gasteiger partial charge on any atom is 0.227 e. The zero-order chi connectivity index (χ0) is 16.4. The van der Waals surface area contributed by atoms with Crippen LogP contribution in [0.3, 0.4) is 0 Å². The summed E-state index contributed by atoms with van der Waals surface area (Å²) in [7, 11) is 3.39. The lowest BCUT2D eigenvalue weighted by molar-refractivity contribution is -0.128. The van der Waals surface area contributed by atoms with Crippen LogP contribution in [0.15, 0.2) is 35.3 Å². The van der Waals surface area contributed by atoms with Gasteiger partial charge in [-0.3, -0.25) is 9.79 Å². The number of nitrogens with zero attached hydrogens (tertiary/aromatic N) is 1. The number of hydrogen-bond acceptors (Lipinski definition) is 2. The molecule has 0 aliphatic rings. The van der Waals surface area contributed by atoms with Crippen LogP contribution in [0.1, 0.15) is 25.8 Å². The molecule has 122 valence electrons. The van der Waals surface area contributed by atoms with E-state index in [1.807, 2.05) is 19.9 Å². The number of hydrogen-bond donors (Lipinski definition) is 3. The van der Waals surface area contributed by atoms with Gasteiger partial charge in [0.1, 0.15) is 0 Å². The predicted octanol–water partition coefficient (Wildman–Crippen LogP) is 1.56. The van der Waals surface area contributed by atoms with Gasteiger partial charge in [-0.1, -0.05) is 30.3 Å². The first-order valence-electron chi connectivity index (χ1n) is 7.70. The fraction of sp³-hybridized carbons (Fsp3) is 0.529. The Morgan fingerprint density at radius 1 is 1.18 bits per heavy atom. The van der Waals surface area contributed by atoms with Gasteiger partial charge in [-0.25, -0.2) is 0 Å². The molecule has 1 aromatic carbocycles. The fourth-order valence-electron chi connectivity index (χ4n) is 2.09. The molecule has 1 rings (SSSR count). The van der Waals surface area contributed by atoms with Crippen molar-refractivity contribution in [3.8, 4) is 0 Å². The minimum atomic E-state index is -0.476. The van der Waals surface area contributed by atoms with E-state index in [4.69, 9.17) is 0 Å². The van der Waals surface area contributed by atoms with Crippen LogP contribution in [0.2, 0.25) is 0 Å². The molecule has 0 fully saturated rings. The van der Waals surface area contributed by atoms with Crippen molar-refractivity contribution >= 4 is 11.9 Å². The van der Waals surface area contributed by atoms with Crippen molar-refractivity contribution in [1.29, 1.82) is 0 Å². The number of aliphatic imine (C=N–C) groups is 1. The Balaban J connectivity index is 2.30. The van der Waals surface area contributed by atoms with E-state index in [0.717, 1.165) is 25.3 Å². The summed E-state index contributed by atoms with van der Waals surface area (Å²) in [4.78, 5) is 15.9. The van der Waals surface area contributed by atoms with Gasteiger partial charge in [0.15, 0.2) is 5.96 Å². The van der Waals surface area contributed by atoms with Gasteiger partial charge >= 0.3 is 0 Å². The number of benzene rings is 1. The summed E-state index contributed by atoms with van der Waals surface area (Å²) < 4.78 is 0. The highest BCUT2D eigenvalue weighted by atomic mass is 16.2. The van der Waals surface area contributed by atoms with E-state index in [1.54, 1.807) is 14.1 Å². The van der Waals surface area contributed by atoms with Crippen molar-refractivity contribution in [1.82, 2.24) is 16.0 Å². The lowest BCUT2D eigenvalue weighted by Gasteiger charge is -2.24. The molecular weight excluding hydrogens is 276 g/mol. The van der Waals surface area contributed by atoms with Crippen molar-refractivity contribution in [3.05, 3.63) is 35.9 Å². The lowest BCUT2D eigenvalue weighted by Crippen LogP contribution is -2.47. The first kappa shape index (κ1) is 18.0. The number of aryl methyl sites for hydroxylation is 1. The third-order valence-electron chi connectivity index (χ3n) is 3.54. The number of rotatable bonds is 7. The predicted molar refractivity (Wildman–Crippen MR) is 92.0 cm³/mol. The summed E-state index contributed by atoms with van der Waals surface area (Å²) in [6, 6.07) is 10.4. The van der Waals surface area contributed by atoms with Crippen molar-refractivity contribution in [3.63, 3.8) is 0 Å². The Morgan fingerprint density at radius 2 is 1.86 bits per heavy atom. The van der Waals surface area contributed by atoms with E-state index in [9.17, 15) is 4.79 Å². The standard InChI is InChI=1S/C17H28N4O/c1-17(2,15(22)18-3)13-21-16(19-4)20-12-8-11-14-9-6-5-7-10-14/h5-7,9-10H,8,11-13H2,1-4H3,(H,18,22)(H2,19,20,21). The highest BCUT2D eigenvalue weighted by Crippen LogP contribution is 2.12. The molecule has 0 heterocycles. The van der Waals surface area contributed by atoms with Crippen LogP contribution >= 0.6 is 0 Å². The molecule has 0 unspecified atom stereocenters. The minimum absolute atomic E-state index is 0.0135. The van der Waals surface area contributed by atoms with E-state index in [2.05, 4.69) is 45.2 Å². The molecule has 0 saturated heterocycles. The maximum absolute atomic E-state index is 11.7. The molecule has 0 aliphatic heterocycles. The normalized spacial score (nSPS) is 11.9. The zero-order valence-electron chi connectivity index (χ0n) is 14.1. The Hall–Kier alpha value is -2.04. The summed E-state index contributed by atoms with van der Waals surface area (Å²) in [5, 5.41) is 9.16. The molecular formula is C17H28N4O. The first-order valence-corrected chi connectivity index (χ1v) is 7.70. The smallest absolute Gasteiger partial charge is 0.227 e. The van der Waals surface area contributed by atoms with Crippen LogP contribution < -0.4 is 16.0 Å². The Labute approximate surface area is 133 Å². The Morgan fingerprint density at radius 3 is 2.45 bits per heavy atom. The summed E-state index contributed by atoms with van der Waals surface area (Å²) in [5.41, 5.74) is 0.865. The minimum Gasteiger partial charge on any atom is -0.359 e. The van der Waals surface area contributed by atoms with E-state index in [0.29, 0.717) is 6.54 Å². The van der Waals surface area contributed by atoms with Crippen LogP contribution in [-0.2, 0) is 11.2 Å². The van der Waals surface area contributed by atoms with E-state index in [1.165, 1.54) is 5.56 Å². The first-order chi connectivity index (χ1) is 10.5. The number of nitrogens with one attached hydrogen (secondary N) is 3. The SMILES string of the molecule is CN=C(NCCCc1ccccc1)NCC(C)(C)C(=O)NC. The van der Waals surface area contributed by atoms with Crippen LogP contribution in [0.4, 0.5) is 0 Å². The third-order valence-corrected chi connectivity index (χ3v) is 3.54. The van der Waals surface area contributed by atoms with Crippen molar-refractivity contribution in [2.24, 2.45) is 10.4 Å². The van der Waals surface area contributed by atoms with Gasteiger partial charge in [-0.2, -0.15) is 0 Å². The molecule has 0 radical (unpaired) electrons. The molecule has 0 bridgehead atoms. The van der Waals surface area contributed by atoms with Gasteiger partial charge in [0, 0.05) is 27.2 Å². The van der Waals surface area contributed by atoms with Gasteiger partial charge in [0.2, 0.25) is 5.91 Å². The van der Waals surface area contributed by atoms with Gasteiger partial charge < -0.3 is 16.0 Å². The molecule has 22 heavy (non-hydrogen) atoms. The topological polar surface area (TPSA) is 65.5 Å². The highest BCUT2D eigenvalue weighted by Gasteiger charge is 2.26. The molecule has 0 saturated carbocycles. The average molecular weight is 304 g/mol. The van der Waals surface area contributed by atoms with Gasteiger partial charge in [-0.05, 0) is 32.3 Å². The number of carbonyl (C=O) groups is 1. The molecule has 1 aromatic rings. The second-order valence-corrected chi connectivity index (χ2v) is 5.90. The van der Waals surface area contributed by atoms with Crippen LogP contribution in [0, 0.1) is 5.41 Å². The Kier molecular flexibility index (Phi) is 7.43. The van der Waals surface area contributed by atoms with E-state index < -0.39 is 5.41 Å². The van der Waals surface area contributed by atoms with Gasteiger partial charge in [0.25, 0.3) is 0 Å². The number of carbonyl (C=O) groups excluding carboxylic acids is 1. The quantitative estimate of drug-likeness (QED) is 0.407. The zero-order valence-corrected chi connectivity index (χ0v) is 14.1. The summed E-state index contributed by atoms with van der Waals surface area (Å²) in [6.07, 6.45) is 2.07.